The van der Waals surface area contributed by atoms with Crippen LogP contribution in [-0.4, -0.2) is 37.6 Å². The lowest BCUT2D eigenvalue weighted by Gasteiger charge is -2.31. The predicted octanol–water partition coefficient (Wildman–Crippen LogP) is 4.22. The van der Waals surface area contributed by atoms with Crippen LogP contribution < -0.4 is 10.6 Å². The minimum Gasteiger partial charge on any atom is -0.345 e. The number of rotatable bonds is 7. The molecule has 0 bridgehead atoms. The van der Waals surface area contributed by atoms with Crippen LogP contribution in [0.2, 0.25) is 0 Å². The molecule has 1 aliphatic heterocycles. The summed E-state index contributed by atoms with van der Waals surface area (Å²) in [7, 11) is -3.67. The van der Waals surface area contributed by atoms with Gasteiger partial charge in [-0.2, -0.15) is 4.31 Å². The van der Waals surface area contributed by atoms with Crippen LogP contribution in [0.4, 0.5) is 5.69 Å². The fourth-order valence-corrected chi connectivity index (χ4v) is 5.79. The van der Waals surface area contributed by atoms with Gasteiger partial charge in [0.1, 0.15) is 0 Å². The molecule has 182 valence electrons. The highest BCUT2D eigenvalue weighted by molar-refractivity contribution is 7.89. The molecule has 0 spiro atoms. The van der Waals surface area contributed by atoms with Crippen LogP contribution in [0.25, 0.3) is 0 Å². The van der Waals surface area contributed by atoms with E-state index in [9.17, 15) is 18.0 Å². The van der Waals surface area contributed by atoms with Crippen LogP contribution in [0, 0.1) is 5.92 Å². The summed E-state index contributed by atoms with van der Waals surface area (Å²) in [6, 6.07) is 24.5. The first kappa shape index (κ1) is 24.6. The molecule has 1 fully saturated rings. The number of para-hydroxylation sites is 1. The van der Waals surface area contributed by atoms with Crippen LogP contribution in [0.3, 0.4) is 0 Å². The first-order valence-electron chi connectivity index (χ1n) is 11.7. The van der Waals surface area contributed by atoms with Gasteiger partial charge >= 0.3 is 0 Å². The third kappa shape index (κ3) is 5.78. The third-order valence-electron chi connectivity index (χ3n) is 6.21. The van der Waals surface area contributed by atoms with Crippen molar-refractivity contribution in [2.24, 2.45) is 5.92 Å². The second kappa shape index (κ2) is 10.8. The molecule has 7 nitrogen and oxygen atoms in total. The molecular formula is C27H29N3O4S. The quantitative estimate of drug-likeness (QED) is 0.517. The molecule has 1 heterocycles. The van der Waals surface area contributed by atoms with Crippen LogP contribution in [0.15, 0.2) is 89.8 Å². The predicted molar refractivity (Wildman–Crippen MR) is 135 cm³/mol. The summed E-state index contributed by atoms with van der Waals surface area (Å²) in [6.07, 6.45) is 1.16. The molecule has 0 aliphatic carbocycles. The number of amides is 2. The molecule has 0 aromatic heterocycles. The molecule has 35 heavy (non-hydrogen) atoms. The molecule has 3 aromatic rings. The van der Waals surface area contributed by atoms with Gasteiger partial charge in [0.05, 0.1) is 28.1 Å². The molecule has 0 saturated carbocycles. The van der Waals surface area contributed by atoms with E-state index in [-0.39, 0.29) is 29.3 Å². The Labute approximate surface area is 206 Å². The number of nitrogens with zero attached hydrogens (tertiary/aromatic N) is 1. The topological polar surface area (TPSA) is 95.6 Å². The van der Waals surface area contributed by atoms with Gasteiger partial charge in [-0.3, -0.25) is 9.59 Å². The summed E-state index contributed by atoms with van der Waals surface area (Å²) >= 11 is 0. The van der Waals surface area contributed by atoms with Crippen molar-refractivity contribution in [3.8, 4) is 0 Å². The SMILES string of the molecule is C[C@H](NC(=O)c1ccccc1NC(=O)[C@@H]1CCCN(S(=O)(=O)c2ccccc2)C1)c1ccccc1. The maximum absolute atomic E-state index is 13.1. The standard InChI is InChI=1S/C27H29N3O4S/c1-20(21-11-4-2-5-12-21)28-27(32)24-16-8-9-17-25(24)29-26(31)22-13-10-18-30(19-22)35(33,34)23-14-6-3-7-15-23/h2-9,11-12,14-17,20,22H,10,13,18-19H2,1H3,(H,28,32)(H,29,31)/t20-,22+/m0/s1. The fourth-order valence-electron chi connectivity index (χ4n) is 4.24. The Balaban J connectivity index is 1.45. The van der Waals surface area contributed by atoms with Crippen molar-refractivity contribution in [1.82, 2.24) is 9.62 Å². The highest BCUT2D eigenvalue weighted by atomic mass is 32.2. The number of carbonyl (C=O) groups is 2. The molecule has 1 aliphatic rings. The van der Waals surface area contributed by atoms with E-state index in [2.05, 4.69) is 10.6 Å². The Morgan fingerprint density at radius 1 is 0.914 bits per heavy atom. The van der Waals surface area contributed by atoms with Crippen LogP contribution >= 0.6 is 0 Å². The van der Waals surface area contributed by atoms with E-state index in [4.69, 9.17) is 0 Å². The highest BCUT2D eigenvalue weighted by Gasteiger charge is 2.33. The van der Waals surface area contributed by atoms with Crippen molar-refractivity contribution < 1.29 is 18.0 Å². The molecule has 1 saturated heterocycles. The number of benzene rings is 3. The van der Waals surface area contributed by atoms with Gasteiger partial charge in [-0.1, -0.05) is 60.7 Å². The largest absolute Gasteiger partial charge is 0.345 e. The second-order valence-corrected chi connectivity index (χ2v) is 10.6. The minimum absolute atomic E-state index is 0.0997. The third-order valence-corrected chi connectivity index (χ3v) is 8.09. The molecule has 3 aromatic carbocycles. The van der Waals surface area contributed by atoms with Crippen molar-refractivity contribution in [3.05, 3.63) is 96.1 Å². The smallest absolute Gasteiger partial charge is 0.253 e. The van der Waals surface area contributed by atoms with E-state index in [1.54, 1.807) is 54.6 Å². The first-order valence-corrected chi connectivity index (χ1v) is 13.1. The van der Waals surface area contributed by atoms with Crippen molar-refractivity contribution >= 4 is 27.5 Å². The van der Waals surface area contributed by atoms with Crippen LogP contribution in [-0.2, 0) is 14.8 Å². The summed E-state index contributed by atoms with van der Waals surface area (Å²) in [5.74, 6) is -1.11. The zero-order chi connectivity index (χ0) is 24.8. The van der Waals surface area contributed by atoms with Crippen molar-refractivity contribution in [2.75, 3.05) is 18.4 Å². The highest BCUT2D eigenvalue weighted by Crippen LogP contribution is 2.26. The van der Waals surface area contributed by atoms with E-state index in [1.165, 1.54) is 4.31 Å². The Morgan fingerprint density at radius 2 is 1.54 bits per heavy atom. The fraction of sp³-hybridized carbons (Fsp3) is 0.259. The zero-order valence-corrected chi connectivity index (χ0v) is 20.4. The van der Waals surface area contributed by atoms with Crippen molar-refractivity contribution in [2.45, 2.75) is 30.7 Å². The summed E-state index contributed by atoms with van der Waals surface area (Å²) in [4.78, 5) is 26.3. The lowest BCUT2D eigenvalue weighted by Crippen LogP contribution is -2.43. The first-order chi connectivity index (χ1) is 16.9. The molecule has 2 atom stereocenters. The molecule has 0 unspecified atom stereocenters. The number of sulfonamides is 1. The van der Waals surface area contributed by atoms with Gasteiger partial charge in [0, 0.05) is 13.1 Å². The number of nitrogens with one attached hydrogen (secondary N) is 2. The molecule has 8 heteroatoms. The number of anilines is 1. The van der Waals surface area contributed by atoms with Crippen molar-refractivity contribution in [3.63, 3.8) is 0 Å². The van der Waals surface area contributed by atoms with E-state index in [0.29, 0.717) is 30.6 Å². The van der Waals surface area contributed by atoms with E-state index in [1.807, 2.05) is 37.3 Å². The minimum atomic E-state index is -3.67. The van der Waals surface area contributed by atoms with E-state index < -0.39 is 15.9 Å². The number of piperidine rings is 1. The molecule has 0 radical (unpaired) electrons. The van der Waals surface area contributed by atoms with E-state index in [0.717, 1.165) is 5.56 Å². The van der Waals surface area contributed by atoms with Gasteiger partial charge in [0.15, 0.2) is 0 Å². The van der Waals surface area contributed by atoms with Gasteiger partial charge < -0.3 is 10.6 Å². The summed E-state index contributed by atoms with van der Waals surface area (Å²) in [6.45, 7) is 2.37. The molecule has 4 rings (SSSR count). The Hall–Kier alpha value is -3.49. The maximum Gasteiger partial charge on any atom is 0.253 e. The summed E-state index contributed by atoms with van der Waals surface area (Å²) < 4.78 is 27.4. The van der Waals surface area contributed by atoms with Gasteiger partial charge in [-0.25, -0.2) is 8.42 Å². The maximum atomic E-state index is 13.1. The average Bonchev–Trinajstić information content (AvgIpc) is 2.90. The zero-order valence-electron chi connectivity index (χ0n) is 19.6. The lowest BCUT2D eigenvalue weighted by atomic mass is 9.98. The van der Waals surface area contributed by atoms with Gasteiger partial charge in [-0.15, -0.1) is 0 Å². The Morgan fingerprint density at radius 3 is 2.26 bits per heavy atom. The molecular weight excluding hydrogens is 462 g/mol. The monoisotopic (exact) mass is 491 g/mol. The van der Waals surface area contributed by atoms with Gasteiger partial charge in [0.2, 0.25) is 15.9 Å². The normalized spacial score (nSPS) is 17.3. The lowest BCUT2D eigenvalue weighted by molar-refractivity contribution is -0.120. The molecule has 2 N–H and O–H groups in total. The number of hydrogen-bond acceptors (Lipinski definition) is 4. The van der Waals surface area contributed by atoms with Gasteiger partial charge in [-0.05, 0) is 49.6 Å². The number of carbonyl (C=O) groups excluding carboxylic acids is 2. The van der Waals surface area contributed by atoms with Crippen molar-refractivity contribution in [1.29, 1.82) is 0 Å². The second-order valence-electron chi connectivity index (χ2n) is 8.66. The average molecular weight is 492 g/mol. The van der Waals surface area contributed by atoms with Gasteiger partial charge in [0.25, 0.3) is 5.91 Å². The molecule has 2 amide bonds. The van der Waals surface area contributed by atoms with Crippen LogP contribution in [0.1, 0.15) is 41.7 Å². The number of hydrogen-bond donors (Lipinski definition) is 2. The van der Waals surface area contributed by atoms with Crippen LogP contribution in [0.5, 0.6) is 0 Å². The Bertz CT molecular complexity index is 1280. The summed E-state index contributed by atoms with van der Waals surface area (Å²) in [5.41, 5.74) is 1.73. The summed E-state index contributed by atoms with van der Waals surface area (Å²) in [5, 5.41) is 5.84. The van der Waals surface area contributed by atoms with E-state index >= 15 is 0 Å². The Kier molecular flexibility index (Phi) is 7.63.